The molecule has 18 heavy (non-hydrogen) atoms. The van der Waals surface area contributed by atoms with Gasteiger partial charge in [-0.1, -0.05) is 29.6 Å². The van der Waals surface area contributed by atoms with Crippen molar-refractivity contribution in [2.45, 2.75) is 32.2 Å². The van der Waals surface area contributed by atoms with Gasteiger partial charge in [-0.15, -0.1) is 0 Å². The molecule has 0 amide bonds. The Kier molecular flexibility index (Phi) is 3.04. The van der Waals surface area contributed by atoms with Crippen molar-refractivity contribution in [2.24, 2.45) is 0 Å². The number of nitrogens with zero attached hydrogens (tertiary/aromatic N) is 2. The number of hydrogen-bond acceptors (Lipinski definition) is 2. The van der Waals surface area contributed by atoms with E-state index in [0.717, 1.165) is 31.6 Å². The Hall–Kier alpha value is -1.06. The molecule has 0 saturated heterocycles. The summed E-state index contributed by atoms with van der Waals surface area (Å²) in [5.74, 6) is 0.953. The Morgan fingerprint density at radius 1 is 1.11 bits per heavy atom. The zero-order valence-electron chi connectivity index (χ0n) is 9.84. The normalized spacial score (nSPS) is 15.4. The van der Waals surface area contributed by atoms with Crippen LogP contribution in [0.3, 0.4) is 0 Å². The molecule has 0 radical (unpaired) electrons. The molecule has 1 N–H and O–H groups in total. The second kappa shape index (κ2) is 4.56. The molecule has 3 nitrogen and oxygen atoms in total. The molecule has 0 fully saturated rings. The fraction of sp³-hybridized carbons (Fsp3) is 0.385. The number of aryl methyl sites for hydroxylation is 1. The van der Waals surface area contributed by atoms with Crippen LogP contribution < -0.4 is 5.49 Å². The average molecular weight is 282 g/mol. The predicted molar refractivity (Wildman–Crippen MR) is 73.2 cm³/mol. The maximum absolute atomic E-state index is 8.33. The van der Waals surface area contributed by atoms with E-state index < -0.39 is 0 Å². The Balaban J connectivity index is 2.42. The van der Waals surface area contributed by atoms with Gasteiger partial charge in [-0.3, -0.25) is 5.41 Å². The van der Waals surface area contributed by atoms with Gasteiger partial charge in [0, 0.05) is 13.0 Å². The lowest BCUT2D eigenvalue weighted by Gasteiger charge is -2.13. The number of benzene rings is 1. The molecule has 94 valence electrons. The molecule has 2 heterocycles. The van der Waals surface area contributed by atoms with E-state index >= 15 is 0 Å². The predicted octanol–water partition coefficient (Wildman–Crippen LogP) is 3.55. The van der Waals surface area contributed by atoms with Crippen LogP contribution in [-0.4, -0.2) is 9.55 Å². The second-order valence-corrected chi connectivity index (χ2v) is 5.41. The van der Waals surface area contributed by atoms with Gasteiger partial charge >= 0.3 is 0 Å². The molecule has 5 heteroatoms. The average Bonchev–Trinajstić information content (AvgIpc) is 2.59. The number of halogens is 2. The van der Waals surface area contributed by atoms with Gasteiger partial charge in [0.05, 0.1) is 20.9 Å². The van der Waals surface area contributed by atoms with Gasteiger partial charge in [0.15, 0.2) is 0 Å². The molecule has 0 spiro atoms. The van der Waals surface area contributed by atoms with Gasteiger partial charge in [-0.25, -0.2) is 4.98 Å². The van der Waals surface area contributed by atoms with Crippen molar-refractivity contribution in [3.8, 4) is 0 Å². The van der Waals surface area contributed by atoms with Gasteiger partial charge < -0.3 is 4.57 Å². The molecular weight excluding hydrogens is 269 g/mol. The van der Waals surface area contributed by atoms with Gasteiger partial charge in [-0.05, 0) is 25.0 Å². The van der Waals surface area contributed by atoms with Crippen molar-refractivity contribution in [1.29, 1.82) is 5.41 Å². The highest BCUT2D eigenvalue weighted by Gasteiger charge is 2.15. The van der Waals surface area contributed by atoms with E-state index in [2.05, 4.69) is 4.98 Å². The smallest absolute Gasteiger partial charge is 0.137 e. The maximum Gasteiger partial charge on any atom is 0.137 e. The lowest BCUT2D eigenvalue weighted by atomic mass is 10.2. The van der Waals surface area contributed by atoms with Gasteiger partial charge in [0.2, 0.25) is 0 Å². The van der Waals surface area contributed by atoms with Crippen LogP contribution in [0, 0.1) is 5.41 Å². The highest BCUT2D eigenvalue weighted by atomic mass is 35.5. The minimum atomic E-state index is 0.435. The highest BCUT2D eigenvalue weighted by molar-refractivity contribution is 6.39. The van der Waals surface area contributed by atoms with Crippen molar-refractivity contribution < 1.29 is 0 Å². The summed E-state index contributed by atoms with van der Waals surface area (Å²) in [5, 5.41) is 10.1. The lowest BCUT2D eigenvalue weighted by molar-refractivity contribution is 0.602. The highest BCUT2D eigenvalue weighted by Crippen LogP contribution is 2.26. The molecular formula is C13H13Cl2N3. The summed E-state index contributed by atoms with van der Waals surface area (Å²) in [6.45, 7) is 0.847. The zero-order chi connectivity index (χ0) is 12.7. The zero-order valence-corrected chi connectivity index (χ0v) is 11.4. The molecule has 1 aromatic heterocycles. The second-order valence-electron chi connectivity index (χ2n) is 4.59. The van der Waals surface area contributed by atoms with Crippen molar-refractivity contribution in [3.63, 3.8) is 0 Å². The molecule has 2 aromatic rings. The topological polar surface area (TPSA) is 41.7 Å². The quantitative estimate of drug-likeness (QED) is 0.788. The summed E-state index contributed by atoms with van der Waals surface area (Å²) in [7, 11) is 0. The Morgan fingerprint density at radius 2 is 1.89 bits per heavy atom. The first-order valence-electron chi connectivity index (χ1n) is 6.10. The molecule has 1 aliphatic rings. The van der Waals surface area contributed by atoms with Crippen LogP contribution in [0.1, 0.15) is 25.1 Å². The molecule has 0 unspecified atom stereocenters. The van der Waals surface area contributed by atoms with E-state index in [0.29, 0.717) is 26.4 Å². The van der Waals surface area contributed by atoms with Crippen LogP contribution >= 0.6 is 23.2 Å². The summed E-state index contributed by atoms with van der Waals surface area (Å²) >= 11 is 12.4. The fourth-order valence-electron chi connectivity index (χ4n) is 2.49. The van der Waals surface area contributed by atoms with Crippen molar-refractivity contribution in [1.82, 2.24) is 9.55 Å². The first-order valence-corrected chi connectivity index (χ1v) is 6.86. The SMILES string of the molecule is N=c1c2c(Cl)ccc(Cl)c2nc2n1CCCCC2. The first kappa shape index (κ1) is 12.0. The lowest BCUT2D eigenvalue weighted by Crippen LogP contribution is -2.25. The molecule has 0 bridgehead atoms. The first-order chi connectivity index (χ1) is 8.68. The molecule has 0 saturated carbocycles. The number of rotatable bonds is 0. The number of nitrogens with one attached hydrogen (secondary N) is 1. The minimum absolute atomic E-state index is 0.435. The van der Waals surface area contributed by atoms with Gasteiger partial charge in [0.25, 0.3) is 0 Å². The van der Waals surface area contributed by atoms with E-state index in [-0.39, 0.29) is 0 Å². The fourth-order valence-corrected chi connectivity index (χ4v) is 2.93. The third-order valence-electron chi connectivity index (χ3n) is 3.42. The summed E-state index contributed by atoms with van der Waals surface area (Å²) in [4.78, 5) is 4.62. The Labute approximate surface area is 115 Å². The monoisotopic (exact) mass is 281 g/mol. The van der Waals surface area contributed by atoms with Crippen molar-refractivity contribution in [3.05, 3.63) is 33.5 Å². The van der Waals surface area contributed by atoms with E-state index in [1.807, 2.05) is 4.57 Å². The van der Waals surface area contributed by atoms with Crippen LogP contribution in [0.2, 0.25) is 10.0 Å². The minimum Gasteiger partial charge on any atom is -0.314 e. The molecule has 1 aromatic carbocycles. The van der Waals surface area contributed by atoms with E-state index in [4.69, 9.17) is 28.6 Å². The summed E-state index contributed by atoms with van der Waals surface area (Å²) in [6.07, 6.45) is 4.30. The number of fused-ring (bicyclic) bond motifs is 2. The summed E-state index contributed by atoms with van der Waals surface area (Å²) in [5.41, 5.74) is 1.09. The Morgan fingerprint density at radius 3 is 2.72 bits per heavy atom. The van der Waals surface area contributed by atoms with Crippen LogP contribution in [0.5, 0.6) is 0 Å². The van der Waals surface area contributed by atoms with Crippen LogP contribution in [0.15, 0.2) is 12.1 Å². The van der Waals surface area contributed by atoms with Gasteiger partial charge in [0.1, 0.15) is 11.3 Å². The standard InChI is InChI=1S/C13H13Cl2N3/c14-8-5-6-9(15)12-11(8)13(16)18-7-3-1-2-4-10(18)17-12/h5-6,16H,1-4,7H2. The van der Waals surface area contributed by atoms with Crippen molar-refractivity contribution in [2.75, 3.05) is 0 Å². The van der Waals surface area contributed by atoms with E-state index in [1.165, 1.54) is 6.42 Å². The van der Waals surface area contributed by atoms with Gasteiger partial charge in [-0.2, -0.15) is 0 Å². The third kappa shape index (κ3) is 1.82. The van der Waals surface area contributed by atoms with Crippen molar-refractivity contribution >= 4 is 34.1 Å². The largest absolute Gasteiger partial charge is 0.314 e. The number of aromatic nitrogens is 2. The van der Waals surface area contributed by atoms with E-state index in [9.17, 15) is 0 Å². The summed E-state index contributed by atoms with van der Waals surface area (Å²) in [6, 6.07) is 3.47. The molecule has 3 rings (SSSR count). The third-order valence-corrected chi connectivity index (χ3v) is 4.04. The number of hydrogen-bond donors (Lipinski definition) is 1. The molecule has 1 aliphatic heterocycles. The van der Waals surface area contributed by atoms with Crippen LogP contribution in [0.25, 0.3) is 10.9 Å². The molecule has 0 aliphatic carbocycles. The molecule has 0 atom stereocenters. The summed E-state index contributed by atoms with van der Waals surface area (Å²) < 4.78 is 1.97. The van der Waals surface area contributed by atoms with Crippen LogP contribution in [-0.2, 0) is 13.0 Å². The van der Waals surface area contributed by atoms with Crippen LogP contribution in [0.4, 0.5) is 0 Å². The Bertz CT molecular complexity index is 676. The van der Waals surface area contributed by atoms with E-state index in [1.54, 1.807) is 12.1 Å². The maximum atomic E-state index is 8.33.